The Morgan fingerprint density at radius 1 is 1.53 bits per heavy atom. The minimum Gasteiger partial charge on any atom is -0.497 e. The van der Waals surface area contributed by atoms with E-state index in [4.69, 9.17) is 4.74 Å². The number of nitrogens with one attached hydrogen (secondary N) is 1. The van der Waals surface area contributed by atoms with Crippen molar-refractivity contribution in [3.05, 3.63) is 23.5 Å². The summed E-state index contributed by atoms with van der Waals surface area (Å²) >= 11 is 2.08. The van der Waals surface area contributed by atoms with E-state index < -0.39 is 0 Å². The second-order valence-electron chi connectivity index (χ2n) is 4.41. The highest BCUT2D eigenvalue weighted by atomic mass is 32.2. The van der Waals surface area contributed by atoms with Gasteiger partial charge in [-0.05, 0) is 25.5 Å². The fraction of sp³-hybridized carbons (Fsp3) is 0.615. The average Bonchev–Trinajstić information content (AvgIpc) is 2.81. The number of rotatable bonds is 5. The van der Waals surface area contributed by atoms with Gasteiger partial charge in [0, 0.05) is 36.2 Å². The second kappa shape index (κ2) is 6.26. The highest BCUT2D eigenvalue weighted by Crippen LogP contribution is 2.25. The van der Waals surface area contributed by atoms with Crippen molar-refractivity contribution in [3.63, 3.8) is 0 Å². The molecule has 1 unspecified atom stereocenters. The molecule has 2 rings (SSSR count). The summed E-state index contributed by atoms with van der Waals surface area (Å²) in [5.41, 5.74) is 2.07. The number of pyridine rings is 1. The van der Waals surface area contributed by atoms with E-state index in [0.717, 1.165) is 35.5 Å². The Kier molecular flexibility index (Phi) is 4.68. The largest absolute Gasteiger partial charge is 0.497 e. The summed E-state index contributed by atoms with van der Waals surface area (Å²) in [5, 5.41) is 4.28. The zero-order valence-corrected chi connectivity index (χ0v) is 11.3. The highest BCUT2D eigenvalue weighted by Gasteiger charge is 2.14. The van der Waals surface area contributed by atoms with E-state index in [-0.39, 0.29) is 0 Å². The van der Waals surface area contributed by atoms with Crippen molar-refractivity contribution in [1.82, 2.24) is 10.3 Å². The van der Waals surface area contributed by atoms with E-state index in [0.29, 0.717) is 0 Å². The fourth-order valence-corrected chi connectivity index (χ4v) is 3.31. The Bertz CT molecular complexity index is 364. The standard InChI is InChI=1S/C13H20N2OS/c1-10-6-12(16-2)7-11(15-10)8-14-9-13-4-3-5-17-13/h6-7,13-14H,3-5,8-9H2,1-2H3. The second-order valence-corrected chi connectivity index (χ2v) is 5.81. The number of aryl methyl sites for hydroxylation is 1. The van der Waals surface area contributed by atoms with E-state index in [1.807, 2.05) is 19.1 Å². The highest BCUT2D eigenvalue weighted by molar-refractivity contribution is 8.00. The summed E-state index contributed by atoms with van der Waals surface area (Å²) in [7, 11) is 1.70. The lowest BCUT2D eigenvalue weighted by molar-refractivity contribution is 0.412. The average molecular weight is 252 g/mol. The number of hydrogen-bond acceptors (Lipinski definition) is 4. The van der Waals surface area contributed by atoms with Crippen LogP contribution in [0, 0.1) is 6.92 Å². The summed E-state index contributed by atoms with van der Waals surface area (Å²) < 4.78 is 5.24. The molecular formula is C13H20N2OS. The third-order valence-corrected chi connectivity index (χ3v) is 4.32. The van der Waals surface area contributed by atoms with Crippen LogP contribution in [-0.2, 0) is 6.54 Å². The quantitative estimate of drug-likeness (QED) is 0.872. The Balaban J connectivity index is 1.83. The molecule has 0 aliphatic carbocycles. The molecule has 0 saturated carbocycles. The first kappa shape index (κ1) is 12.7. The van der Waals surface area contributed by atoms with Gasteiger partial charge in [-0.1, -0.05) is 0 Å². The lowest BCUT2D eigenvalue weighted by atomic mass is 10.2. The Morgan fingerprint density at radius 3 is 3.12 bits per heavy atom. The molecule has 1 aliphatic heterocycles. The first-order valence-electron chi connectivity index (χ1n) is 6.12. The molecular weight excluding hydrogens is 232 g/mol. The first-order chi connectivity index (χ1) is 8.28. The molecule has 1 fully saturated rings. The monoisotopic (exact) mass is 252 g/mol. The van der Waals surface area contributed by atoms with Gasteiger partial charge in [0.15, 0.2) is 0 Å². The molecule has 4 heteroatoms. The molecule has 94 valence electrons. The summed E-state index contributed by atoms with van der Waals surface area (Å²) in [6.07, 6.45) is 2.72. The lowest BCUT2D eigenvalue weighted by Gasteiger charge is -2.10. The molecule has 2 heterocycles. The minimum atomic E-state index is 0.793. The van der Waals surface area contributed by atoms with Crippen molar-refractivity contribution in [2.45, 2.75) is 31.6 Å². The van der Waals surface area contributed by atoms with Crippen molar-refractivity contribution < 1.29 is 4.74 Å². The maximum atomic E-state index is 5.24. The van der Waals surface area contributed by atoms with Gasteiger partial charge in [0.1, 0.15) is 5.75 Å². The molecule has 1 N–H and O–H groups in total. The summed E-state index contributed by atoms with van der Waals surface area (Å²) in [5.74, 6) is 2.22. The first-order valence-corrected chi connectivity index (χ1v) is 7.16. The van der Waals surface area contributed by atoms with Gasteiger partial charge >= 0.3 is 0 Å². The number of thioether (sulfide) groups is 1. The predicted molar refractivity (Wildman–Crippen MR) is 72.7 cm³/mol. The lowest BCUT2D eigenvalue weighted by Crippen LogP contribution is -2.23. The number of methoxy groups -OCH3 is 1. The van der Waals surface area contributed by atoms with Crippen LogP contribution in [0.4, 0.5) is 0 Å². The van der Waals surface area contributed by atoms with Crippen LogP contribution in [0.5, 0.6) is 5.75 Å². The van der Waals surface area contributed by atoms with Gasteiger partial charge in [-0.3, -0.25) is 4.98 Å². The third-order valence-electron chi connectivity index (χ3n) is 2.92. The molecule has 0 amide bonds. The molecule has 17 heavy (non-hydrogen) atoms. The van der Waals surface area contributed by atoms with Gasteiger partial charge < -0.3 is 10.1 Å². The third kappa shape index (κ3) is 3.89. The number of ether oxygens (including phenoxy) is 1. The zero-order valence-electron chi connectivity index (χ0n) is 10.5. The van der Waals surface area contributed by atoms with E-state index >= 15 is 0 Å². The van der Waals surface area contributed by atoms with Crippen LogP contribution in [0.25, 0.3) is 0 Å². The smallest absolute Gasteiger partial charge is 0.122 e. The Hall–Kier alpha value is -0.740. The van der Waals surface area contributed by atoms with E-state index in [9.17, 15) is 0 Å². The van der Waals surface area contributed by atoms with Crippen LogP contribution in [-0.4, -0.2) is 29.6 Å². The van der Waals surface area contributed by atoms with E-state index in [1.54, 1.807) is 7.11 Å². The van der Waals surface area contributed by atoms with E-state index in [1.165, 1.54) is 18.6 Å². The molecule has 0 spiro atoms. The van der Waals surface area contributed by atoms with Gasteiger partial charge in [-0.25, -0.2) is 0 Å². The molecule has 0 radical (unpaired) electrons. The van der Waals surface area contributed by atoms with Crippen LogP contribution in [0.1, 0.15) is 24.2 Å². The maximum absolute atomic E-state index is 5.24. The van der Waals surface area contributed by atoms with Crippen molar-refractivity contribution in [1.29, 1.82) is 0 Å². The van der Waals surface area contributed by atoms with Gasteiger partial charge in [0.25, 0.3) is 0 Å². The molecule has 0 aromatic carbocycles. The predicted octanol–water partition coefficient (Wildman–Crippen LogP) is 2.38. The molecule has 0 bridgehead atoms. The van der Waals surface area contributed by atoms with Crippen LogP contribution >= 0.6 is 11.8 Å². The van der Waals surface area contributed by atoms with Crippen LogP contribution in [0.15, 0.2) is 12.1 Å². The van der Waals surface area contributed by atoms with Crippen molar-refractivity contribution in [2.75, 3.05) is 19.4 Å². The summed E-state index contributed by atoms with van der Waals surface area (Å²) in [4.78, 5) is 4.50. The number of nitrogens with zero attached hydrogens (tertiary/aromatic N) is 1. The minimum absolute atomic E-state index is 0.793. The summed E-state index contributed by atoms with van der Waals surface area (Å²) in [6, 6.07) is 3.96. The Morgan fingerprint density at radius 2 is 2.41 bits per heavy atom. The van der Waals surface area contributed by atoms with Crippen molar-refractivity contribution in [3.8, 4) is 5.75 Å². The topological polar surface area (TPSA) is 34.1 Å². The molecule has 1 aromatic heterocycles. The maximum Gasteiger partial charge on any atom is 0.122 e. The fourth-order valence-electron chi connectivity index (χ4n) is 2.08. The Labute approximate surface area is 107 Å². The van der Waals surface area contributed by atoms with E-state index in [2.05, 4.69) is 22.1 Å². The molecule has 3 nitrogen and oxygen atoms in total. The van der Waals surface area contributed by atoms with Crippen LogP contribution in [0.3, 0.4) is 0 Å². The molecule has 1 saturated heterocycles. The molecule has 1 atom stereocenters. The van der Waals surface area contributed by atoms with Gasteiger partial charge in [0.2, 0.25) is 0 Å². The van der Waals surface area contributed by atoms with Gasteiger partial charge in [-0.2, -0.15) is 11.8 Å². The van der Waals surface area contributed by atoms with Crippen molar-refractivity contribution >= 4 is 11.8 Å². The SMILES string of the molecule is COc1cc(C)nc(CNCC2CCCS2)c1. The van der Waals surface area contributed by atoms with Crippen LogP contribution in [0.2, 0.25) is 0 Å². The molecule has 1 aromatic rings. The molecule has 1 aliphatic rings. The number of hydrogen-bond donors (Lipinski definition) is 1. The zero-order chi connectivity index (χ0) is 12.1. The normalized spacial score (nSPS) is 19.5. The van der Waals surface area contributed by atoms with Gasteiger partial charge in [0.05, 0.1) is 12.8 Å². The van der Waals surface area contributed by atoms with Crippen molar-refractivity contribution in [2.24, 2.45) is 0 Å². The number of aromatic nitrogens is 1. The van der Waals surface area contributed by atoms with Gasteiger partial charge in [-0.15, -0.1) is 0 Å². The summed E-state index contributed by atoms with van der Waals surface area (Å²) in [6.45, 7) is 3.91. The van der Waals surface area contributed by atoms with Crippen LogP contribution < -0.4 is 10.1 Å².